The Kier molecular flexibility index (Phi) is 4.01. The van der Waals surface area contributed by atoms with E-state index >= 15 is 0 Å². The Morgan fingerprint density at radius 2 is 1.89 bits per heavy atom. The molecule has 4 atom stereocenters. The molecule has 27 heavy (non-hydrogen) atoms. The van der Waals surface area contributed by atoms with Gasteiger partial charge in [-0.15, -0.1) is 0 Å². The minimum Gasteiger partial charge on any atom is -0.399 e. The molecule has 0 saturated carbocycles. The molecule has 2 aliphatic heterocycles. The number of fused-ring (bicyclic) bond motifs is 4. The number of likely N-dealkylation sites (N-methyl/N-ethyl adjacent to an activating group) is 1. The maximum absolute atomic E-state index is 10.1. The third kappa shape index (κ3) is 2.18. The number of nitriles is 3. The number of hydrogen-bond donors (Lipinski definition) is 1. The summed E-state index contributed by atoms with van der Waals surface area (Å²) >= 11 is 6.51. The van der Waals surface area contributed by atoms with E-state index in [9.17, 15) is 15.8 Å². The normalized spacial score (nSPS) is 31.3. The summed E-state index contributed by atoms with van der Waals surface area (Å²) in [5.41, 5.74) is 6.64. The largest absolute Gasteiger partial charge is 0.399 e. The summed E-state index contributed by atoms with van der Waals surface area (Å²) in [6.07, 6.45) is 4.03. The van der Waals surface area contributed by atoms with E-state index in [1.165, 1.54) is 0 Å². The highest BCUT2D eigenvalue weighted by atomic mass is 35.5. The summed E-state index contributed by atoms with van der Waals surface area (Å²) in [5.74, 6) is -0.717. The SMILES string of the molecule is CN1[C@@H]2CC[C@@H]1C=C1C(C#N)=C(N)C(C#N)(C#N)[C@@H](c3ccccc3Cl)[C@H]12. The molecule has 1 aliphatic carbocycles. The second-order valence-corrected chi connectivity index (χ2v) is 7.86. The Bertz CT molecular complexity index is 989. The van der Waals surface area contributed by atoms with Crippen LogP contribution in [0.2, 0.25) is 5.02 Å². The first-order valence-electron chi connectivity index (χ1n) is 8.91. The molecule has 2 N–H and O–H groups in total. The summed E-state index contributed by atoms with van der Waals surface area (Å²) in [6, 6.07) is 14.2. The predicted molar refractivity (Wildman–Crippen MR) is 101 cm³/mol. The van der Waals surface area contributed by atoms with Crippen molar-refractivity contribution in [2.24, 2.45) is 17.1 Å². The Morgan fingerprint density at radius 3 is 2.52 bits per heavy atom. The molecule has 1 aromatic carbocycles. The number of allylic oxidation sites excluding steroid dienone is 2. The van der Waals surface area contributed by atoms with Gasteiger partial charge in [0.05, 0.1) is 23.4 Å². The predicted octanol–water partition coefficient (Wildman–Crippen LogP) is 3.23. The van der Waals surface area contributed by atoms with Crippen molar-refractivity contribution in [1.82, 2.24) is 4.90 Å². The van der Waals surface area contributed by atoms with E-state index in [0.717, 1.165) is 24.0 Å². The van der Waals surface area contributed by atoms with Crippen LogP contribution in [-0.4, -0.2) is 24.0 Å². The highest BCUT2D eigenvalue weighted by Gasteiger charge is 2.58. The fraction of sp³-hybridized carbons (Fsp3) is 0.381. The summed E-state index contributed by atoms with van der Waals surface area (Å²) in [5, 5.41) is 30.5. The number of nitrogens with two attached hydrogens (primary N) is 1. The van der Waals surface area contributed by atoms with Gasteiger partial charge in [0.1, 0.15) is 6.07 Å². The fourth-order valence-corrected chi connectivity index (χ4v) is 5.41. The quantitative estimate of drug-likeness (QED) is 0.812. The first-order chi connectivity index (χ1) is 13.0. The van der Waals surface area contributed by atoms with Gasteiger partial charge in [0.25, 0.3) is 0 Å². The molecule has 0 aromatic heterocycles. The molecule has 0 unspecified atom stereocenters. The van der Waals surface area contributed by atoms with Crippen molar-refractivity contribution in [2.75, 3.05) is 7.05 Å². The van der Waals surface area contributed by atoms with Crippen molar-refractivity contribution in [3.05, 3.63) is 57.8 Å². The topological polar surface area (TPSA) is 101 Å². The molecule has 4 rings (SSSR count). The van der Waals surface area contributed by atoms with Crippen LogP contribution in [-0.2, 0) is 0 Å². The number of hydrogen-bond acceptors (Lipinski definition) is 5. The van der Waals surface area contributed by atoms with Crippen LogP contribution in [0, 0.1) is 45.3 Å². The van der Waals surface area contributed by atoms with Crippen LogP contribution < -0.4 is 5.73 Å². The van der Waals surface area contributed by atoms with Gasteiger partial charge >= 0.3 is 0 Å². The maximum atomic E-state index is 10.1. The van der Waals surface area contributed by atoms with Crippen LogP contribution in [0.4, 0.5) is 0 Å². The molecule has 2 heterocycles. The zero-order valence-corrected chi connectivity index (χ0v) is 15.6. The fourth-order valence-electron chi connectivity index (χ4n) is 5.16. The zero-order valence-electron chi connectivity index (χ0n) is 14.9. The standard InChI is InChI=1S/C21H18ClN5/c1-27-12-6-7-17(27)18-14(8-12)15(9-23)20(26)21(10-24,11-25)19(18)13-4-2-3-5-16(13)22/h2-5,8,12,17-19H,6-7,26H2,1H3/t12-,17-,18-,19+/m1/s1. The number of benzene rings is 1. The molecule has 0 amide bonds. The smallest absolute Gasteiger partial charge is 0.191 e. The van der Waals surface area contributed by atoms with E-state index in [2.05, 4.69) is 36.2 Å². The maximum Gasteiger partial charge on any atom is 0.191 e. The van der Waals surface area contributed by atoms with Gasteiger partial charge in [-0.1, -0.05) is 35.9 Å². The van der Waals surface area contributed by atoms with Crippen LogP contribution in [0.1, 0.15) is 24.3 Å². The van der Waals surface area contributed by atoms with Crippen LogP contribution in [0.3, 0.4) is 0 Å². The lowest BCUT2D eigenvalue weighted by molar-refractivity contribution is 0.160. The number of halogens is 1. The number of rotatable bonds is 1. The van der Waals surface area contributed by atoms with Gasteiger partial charge in [-0.2, -0.15) is 15.8 Å². The zero-order chi connectivity index (χ0) is 19.3. The molecule has 134 valence electrons. The van der Waals surface area contributed by atoms with Gasteiger partial charge in [0, 0.05) is 28.9 Å². The highest BCUT2D eigenvalue weighted by molar-refractivity contribution is 6.31. The van der Waals surface area contributed by atoms with Crippen molar-refractivity contribution in [3.8, 4) is 18.2 Å². The summed E-state index contributed by atoms with van der Waals surface area (Å²) in [6.45, 7) is 0. The lowest BCUT2D eigenvalue weighted by Crippen LogP contribution is -2.51. The summed E-state index contributed by atoms with van der Waals surface area (Å²) in [4.78, 5) is 2.29. The third-order valence-corrected chi connectivity index (χ3v) is 6.81. The van der Waals surface area contributed by atoms with Gasteiger partial charge in [0.2, 0.25) is 0 Å². The lowest BCUT2D eigenvalue weighted by atomic mass is 9.56. The summed E-state index contributed by atoms with van der Waals surface area (Å²) in [7, 11) is 2.06. The molecule has 6 heteroatoms. The molecular weight excluding hydrogens is 358 g/mol. The Morgan fingerprint density at radius 1 is 1.19 bits per heavy atom. The lowest BCUT2D eigenvalue weighted by Gasteiger charge is -2.48. The van der Waals surface area contributed by atoms with Gasteiger partial charge in [-0.3, -0.25) is 4.90 Å². The van der Waals surface area contributed by atoms with E-state index in [1.54, 1.807) is 6.07 Å². The van der Waals surface area contributed by atoms with Gasteiger partial charge in [-0.25, -0.2) is 0 Å². The van der Waals surface area contributed by atoms with Crippen molar-refractivity contribution in [3.63, 3.8) is 0 Å². The molecule has 1 fully saturated rings. The third-order valence-electron chi connectivity index (χ3n) is 6.46. The Labute approximate surface area is 163 Å². The van der Waals surface area contributed by atoms with Crippen molar-refractivity contribution < 1.29 is 0 Å². The monoisotopic (exact) mass is 375 g/mol. The van der Waals surface area contributed by atoms with Crippen LogP contribution in [0.25, 0.3) is 0 Å². The van der Waals surface area contributed by atoms with Crippen LogP contribution in [0.15, 0.2) is 47.2 Å². The average Bonchev–Trinajstić information content (AvgIpc) is 2.91. The molecule has 5 nitrogen and oxygen atoms in total. The molecule has 2 bridgehead atoms. The number of nitrogens with zero attached hydrogens (tertiary/aromatic N) is 4. The first kappa shape index (κ1) is 17.6. The molecule has 0 spiro atoms. The van der Waals surface area contributed by atoms with Crippen molar-refractivity contribution in [2.45, 2.75) is 30.8 Å². The minimum atomic E-state index is -1.63. The second kappa shape index (κ2) is 6.14. The van der Waals surface area contributed by atoms with Gasteiger partial charge in [-0.05, 0) is 37.1 Å². The Balaban J connectivity index is 2.08. The van der Waals surface area contributed by atoms with E-state index in [0.29, 0.717) is 5.02 Å². The second-order valence-electron chi connectivity index (χ2n) is 7.46. The average molecular weight is 376 g/mol. The molecule has 0 radical (unpaired) electrons. The van der Waals surface area contributed by atoms with Crippen molar-refractivity contribution >= 4 is 11.6 Å². The van der Waals surface area contributed by atoms with Gasteiger partial charge < -0.3 is 5.73 Å². The Hall–Kier alpha value is -2.78. The highest BCUT2D eigenvalue weighted by Crippen LogP contribution is 2.58. The van der Waals surface area contributed by atoms with E-state index in [-0.39, 0.29) is 29.3 Å². The first-order valence-corrected chi connectivity index (χ1v) is 9.29. The minimum absolute atomic E-state index is 0.0476. The van der Waals surface area contributed by atoms with Crippen LogP contribution in [0.5, 0.6) is 0 Å². The van der Waals surface area contributed by atoms with E-state index in [4.69, 9.17) is 17.3 Å². The van der Waals surface area contributed by atoms with E-state index in [1.807, 2.05) is 18.2 Å². The molecular formula is C21H18ClN5. The molecule has 3 aliphatic rings. The molecule has 1 saturated heterocycles. The molecule has 1 aromatic rings. The van der Waals surface area contributed by atoms with E-state index < -0.39 is 11.3 Å². The van der Waals surface area contributed by atoms with Crippen molar-refractivity contribution in [1.29, 1.82) is 15.8 Å². The summed E-state index contributed by atoms with van der Waals surface area (Å²) < 4.78 is 0. The van der Waals surface area contributed by atoms with Crippen LogP contribution >= 0.6 is 11.6 Å². The van der Waals surface area contributed by atoms with Gasteiger partial charge in [0.15, 0.2) is 5.41 Å².